The first-order valence-electron chi connectivity index (χ1n) is 9.46. The molecule has 2 aliphatic rings. The molecule has 1 aliphatic heterocycles. The molecule has 160 valence electrons. The van der Waals surface area contributed by atoms with Crippen LogP contribution in [0, 0.1) is 5.92 Å². The number of hydrogen-bond donors (Lipinski definition) is 3. The van der Waals surface area contributed by atoms with Gasteiger partial charge >= 0.3 is 0 Å². The van der Waals surface area contributed by atoms with Gasteiger partial charge in [-0.2, -0.15) is 0 Å². The first-order chi connectivity index (χ1) is 13.1. The molecule has 1 aliphatic carbocycles. The molecule has 0 spiro atoms. The van der Waals surface area contributed by atoms with Crippen LogP contribution < -0.4 is 16.6 Å². The van der Waals surface area contributed by atoms with Crippen LogP contribution in [0.25, 0.3) is 10.9 Å². The molecular formula is C19H27Cl2N5O3. The van der Waals surface area contributed by atoms with Crippen molar-refractivity contribution >= 4 is 41.6 Å². The number of nitrogens with two attached hydrogens (primary N) is 1. The van der Waals surface area contributed by atoms with Gasteiger partial charge in [0.25, 0.3) is 11.5 Å². The van der Waals surface area contributed by atoms with Crippen molar-refractivity contribution in [2.24, 2.45) is 11.7 Å². The van der Waals surface area contributed by atoms with Crippen LogP contribution in [-0.4, -0.2) is 59.2 Å². The van der Waals surface area contributed by atoms with Crippen molar-refractivity contribution < 1.29 is 9.53 Å². The molecule has 1 saturated heterocycles. The number of rotatable bonds is 6. The van der Waals surface area contributed by atoms with Crippen LogP contribution in [0.5, 0.6) is 0 Å². The smallest absolute Gasteiger partial charge is 0.258 e. The third-order valence-electron chi connectivity index (χ3n) is 5.25. The zero-order valence-corrected chi connectivity index (χ0v) is 17.6. The predicted octanol–water partition coefficient (Wildman–Crippen LogP) is 0.821. The average molecular weight is 444 g/mol. The van der Waals surface area contributed by atoms with Gasteiger partial charge in [-0.1, -0.05) is 12.1 Å². The van der Waals surface area contributed by atoms with Gasteiger partial charge in [0.2, 0.25) is 0 Å². The molecule has 2 fully saturated rings. The number of hydrogen-bond acceptors (Lipinski definition) is 6. The number of benzene rings is 1. The minimum atomic E-state index is -0.529. The van der Waals surface area contributed by atoms with Crippen molar-refractivity contribution in [2.75, 3.05) is 26.2 Å². The lowest BCUT2D eigenvalue weighted by Gasteiger charge is -2.32. The van der Waals surface area contributed by atoms with Crippen molar-refractivity contribution in [2.45, 2.75) is 31.5 Å². The van der Waals surface area contributed by atoms with Gasteiger partial charge in [-0.15, -0.1) is 24.8 Å². The molecule has 29 heavy (non-hydrogen) atoms. The summed E-state index contributed by atoms with van der Waals surface area (Å²) in [5, 5.41) is 3.60. The van der Waals surface area contributed by atoms with Crippen LogP contribution in [0.2, 0.25) is 0 Å². The maximum absolute atomic E-state index is 12.5. The molecule has 0 radical (unpaired) electrons. The van der Waals surface area contributed by atoms with Crippen LogP contribution in [0.3, 0.4) is 0 Å². The largest absolute Gasteiger partial charge is 0.366 e. The third kappa shape index (κ3) is 5.67. The zero-order valence-electron chi connectivity index (χ0n) is 16.0. The van der Waals surface area contributed by atoms with Gasteiger partial charge in [0, 0.05) is 25.7 Å². The molecule has 1 amide bonds. The van der Waals surface area contributed by atoms with Crippen molar-refractivity contribution in [1.82, 2.24) is 20.2 Å². The van der Waals surface area contributed by atoms with Crippen LogP contribution in [0.4, 0.5) is 0 Å². The second-order valence-corrected chi connectivity index (χ2v) is 7.31. The Morgan fingerprint density at radius 3 is 2.83 bits per heavy atom. The summed E-state index contributed by atoms with van der Waals surface area (Å²) in [7, 11) is 0. The topological polar surface area (TPSA) is 113 Å². The van der Waals surface area contributed by atoms with Gasteiger partial charge in [-0.3, -0.25) is 14.5 Å². The molecular weight excluding hydrogens is 417 g/mol. The summed E-state index contributed by atoms with van der Waals surface area (Å²) in [6.45, 7) is 2.53. The Labute approximate surface area is 181 Å². The fraction of sp³-hybridized carbons (Fsp3) is 0.526. The Morgan fingerprint density at radius 2 is 2.10 bits per heavy atom. The van der Waals surface area contributed by atoms with Crippen molar-refractivity contribution in [3.05, 3.63) is 40.4 Å². The lowest BCUT2D eigenvalue weighted by atomic mass is 10.1. The lowest BCUT2D eigenvalue weighted by Crippen LogP contribution is -2.53. The van der Waals surface area contributed by atoms with E-state index in [1.807, 2.05) is 18.2 Å². The number of carbonyl (C=O) groups is 1. The van der Waals surface area contributed by atoms with Crippen molar-refractivity contribution in [3.63, 3.8) is 0 Å². The van der Waals surface area contributed by atoms with Crippen LogP contribution in [0.15, 0.2) is 29.1 Å². The minimum absolute atomic E-state index is 0. The van der Waals surface area contributed by atoms with Gasteiger partial charge in [-0.25, -0.2) is 4.98 Å². The third-order valence-corrected chi connectivity index (χ3v) is 5.25. The quantitative estimate of drug-likeness (QED) is 0.608. The molecule has 4 N–H and O–H groups in total. The summed E-state index contributed by atoms with van der Waals surface area (Å²) in [6.07, 6.45) is 1.72. The second kappa shape index (κ2) is 10.4. The van der Waals surface area contributed by atoms with E-state index in [-0.39, 0.29) is 42.3 Å². The second-order valence-electron chi connectivity index (χ2n) is 7.31. The van der Waals surface area contributed by atoms with Gasteiger partial charge in [0.05, 0.1) is 24.1 Å². The summed E-state index contributed by atoms with van der Waals surface area (Å²) < 4.78 is 5.66. The van der Waals surface area contributed by atoms with Gasteiger partial charge in [0.1, 0.15) is 11.9 Å². The van der Waals surface area contributed by atoms with Gasteiger partial charge in [0.15, 0.2) is 0 Å². The molecule has 2 unspecified atom stereocenters. The monoisotopic (exact) mass is 443 g/mol. The predicted molar refractivity (Wildman–Crippen MR) is 116 cm³/mol. The molecule has 2 atom stereocenters. The van der Waals surface area contributed by atoms with E-state index in [4.69, 9.17) is 10.5 Å². The standard InChI is InChI=1S/C19H25N5O3.2ClH/c20-9-15(12-5-6-12)22-19(26)16-10-24(7-8-27-16)11-17-21-14-4-2-1-3-13(14)18(25)23-17;;/h1-4,12,15-16H,5-11,20H2,(H,22,26)(H,21,23,25);2*1H. The van der Waals surface area contributed by atoms with E-state index < -0.39 is 6.10 Å². The first-order valence-corrected chi connectivity index (χ1v) is 9.46. The molecule has 8 nitrogen and oxygen atoms in total. The number of aromatic amines is 1. The van der Waals surface area contributed by atoms with E-state index in [1.165, 1.54) is 0 Å². The number of nitrogens with zero attached hydrogens (tertiary/aromatic N) is 2. The van der Waals surface area contributed by atoms with E-state index in [2.05, 4.69) is 20.2 Å². The molecule has 2 heterocycles. The van der Waals surface area contributed by atoms with Crippen LogP contribution in [0.1, 0.15) is 18.7 Å². The first kappa shape index (κ1) is 23.6. The Hall–Kier alpha value is -1.71. The summed E-state index contributed by atoms with van der Waals surface area (Å²) >= 11 is 0. The van der Waals surface area contributed by atoms with Crippen molar-refractivity contribution in [1.29, 1.82) is 0 Å². The van der Waals surface area contributed by atoms with Gasteiger partial charge in [-0.05, 0) is 30.9 Å². The normalized spacial score (nSPS) is 20.4. The maximum Gasteiger partial charge on any atom is 0.258 e. The number of nitrogens with one attached hydrogen (secondary N) is 2. The fourth-order valence-electron chi connectivity index (χ4n) is 3.57. The van der Waals surface area contributed by atoms with Gasteiger partial charge < -0.3 is 20.8 Å². The van der Waals surface area contributed by atoms with Crippen LogP contribution >= 0.6 is 24.8 Å². The average Bonchev–Trinajstić information content (AvgIpc) is 3.51. The number of halogens is 2. The highest BCUT2D eigenvalue weighted by Gasteiger charge is 2.34. The zero-order chi connectivity index (χ0) is 18.8. The number of H-pyrrole nitrogens is 1. The molecule has 10 heteroatoms. The van der Waals surface area contributed by atoms with E-state index in [0.717, 1.165) is 12.8 Å². The number of ether oxygens (including phenoxy) is 1. The summed E-state index contributed by atoms with van der Waals surface area (Å²) in [5.74, 6) is 0.991. The molecule has 1 aromatic carbocycles. The SMILES string of the molecule is Cl.Cl.NCC(NC(=O)C1CN(Cc2nc3ccccc3c(=O)[nH]2)CCO1)C1CC1. The summed E-state index contributed by atoms with van der Waals surface area (Å²) in [4.78, 5) is 34.2. The summed E-state index contributed by atoms with van der Waals surface area (Å²) in [6, 6.07) is 7.30. The Bertz CT molecular complexity index is 890. The highest BCUT2D eigenvalue weighted by Crippen LogP contribution is 2.32. The highest BCUT2D eigenvalue weighted by atomic mass is 35.5. The molecule has 1 aromatic heterocycles. The number of carbonyl (C=O) groups excluding carboxylic acids is 1. The van der Waals surface area contributed by atoms with E-state index in [9.17, 15) is 9.59 Å². The van der Waals surface area contributed by atoms with E-state index in [0.29, 0.717) is 55.4 Å². The lowest BCUT2D eigenvalue weighted by molar-refractivity contribution is -0.139. The van der Waals surface area contributed by atoms with Crippen molar-refractivity contribution in [3.8, 4) is 0 Å². The number of aromatic nitrogens is 2. The molecule has 2 aromatic rings. The fourth-order valence-corrected chi connectivity index (χ4v) is 3.57. The number of fused-ring (bicyclic) bond motifs is 1. The Kier molecular flexibility index (Phi) is 8.42. The van der Waals surface area contributed by atoms with Crippen LogP contribution in [-0.2, 0) is 16.1 Å². The molecule has 0 bridgehead atoms. The van der Waals surface area contributed by atoms with E-state index in [1.54, 1.807) is 6.07 Å². The highest BCUT2D eigenvalue weighted by molar-refractivity contribution is 5.85. The maximum atomic E-state index is 12.5. The molecule has 1 saturated carbocycles. The molecule has 4 rings (SSSR count). The summed E-state index contributed by atoms with van der Waals surface area (Å²) in [5.41, 5.74) is 6.30. The number of para-hydroxylation sites is 1. The van der Waals surface area contributed by atoms with E-state index >= 15 is 0 Å². The Balaban J connectivity index is 0.00000150. The number of morpholine rings is 1. The number of amides is 1. The Morgan fingerprint density at radius 1 is 1.34 bits per heavy atom. The minimum Gasteiger partial charge on any atom is -0.366 e.